The molecule has 1 amide bonds. The fourth-order valence-electron chi connectivity index (χ4n) is 1.58. The van der Waals surface area contributed by atoms with Crippen LogP contribution in [0.1, 0.15) is 31.1 Å². The van der Waals surface area contributed by atoms with E-state index in [9.17, 15) is 14.3 Å². The molecule has 0 heterocycles. The maximum absolute atomic E-state index is 12.9. The second kappa shape index (κ2) is 8.78. The molecule has 103 valence electrons. The molecule has 0 aliphatic carbocycles. The molecule has 0 fully saturated rings. The topological polar surface area (TPSA) is 49.3 Å². The van der Waals surface area contributed by atoms with Crippen LogP contribution in [0.4, 0.5) is 4.39 Å². The molecule has 5 heteroatoms. The standard InChI is InChI=1S/C14H19FNO2.Y/c1-9(2)14(18)16-12(8-15)13(17)11-6-4-5-10(3)7-11;/h4,6-7,9,12-13,17H,8H2,1-3H3,(H,16,18);/q-1;/t12-,13-;/m1./s1. The maximum atomic E-state index is 12.9. The monoisotopic (exact) mass is 341 g/mol. The van der Waals surface area contributed by atoms with Crippen LogP contribution >= 0.6 is 0 Å². The quantitative estimate of drug-likeness (QED) is 0.805. The van der Waals surface area contributed by atoms with Gasteiger partial charge in [-0.25, -0.2) is 4.39 Å². The Hall–Kier alpha value is -0.316. The number of aliphatic hydroxyl groups excluding tert-OH is 1. The summed E-state index contributed by atoms with van der Waals surface area (Å²) in [5.74, 6) is -0.506. The normalized spacial score (nSPS) is 13.6. The minimum atomic E-state index is -1.05. The van der Waals surface area contributed by atoms with Crippen molar-refractivity contribution in [1.29, 1.82) is 0 Å². The third-order valence-electron chi connectivity index (χ3n) is 2.71. The molecule has 2 atom stereocenters. The molecule has 0 saturated carbocycles. The van der Waals surface area contributed by atoms with Gasteiger partial charge in [0.1, 0.15) is 6.67 Å². The van der Waals surface area contributed by atoms with Crippen LogP contribution in [0, 0.1) is 18.9 Å². The van der Waals surface area contributed by atoms with Crippen molar-refractivity contribution in [3.05, 3.63) is 35.4 Å². The summed E-state index contributed by atoms with van der Waals surface area (Å²) in [5.41, 5.74) is 1.44. The predicted molar refractivity (Wildman–Crippen MR) is 67.7 cm³/mol. The summed E-state index contributed by atoms with van der Waals surface area (Å²) in [4.78, 5) is 11.5. The zero-order valence-electron chi connectivity index (χ0n) is 11.5. The summed E-state index contributed by atoms with van der Waals surface area (Å²) in [7, 11) is 0. The summed E-state index contributed by atoms with van der Waals surface area (Å²) in [6.07, 6.45) is -1.05. The molecular weight excluding hydrogens is 322 g/mol. The van der Waals surface area contributed by atoms with Gasteiger partial charge in [0.2, 0.25) is 5.91 Å². The number of carbonyl (C=O) groups is 1. The number of aryl methyl sites for hydroxylation is 1. The van der Waals surface area contributed by atoms with E-state index in [2.05, 4.69) is 11.4 Å². The third-order valence-corrected chi connectivity index (χ3v) is 2.71. The molecule has 1 aromatic carbocycles. The number of alkyl halides is 1. The Balaban J connectivity index is 0.00000324. The van der Waals surface area contributed by atoms with Crippen molar-refractivity contribution in [1.82, 2.24) is 5.32 Å². The van der Waals surface area contributed by atoms with E-state index in [4.69, 9.17) is 0 Å². The zero-order valence-corrected chi connectivity index (χ0v) is 14.3. The number of halogens is 1. The van der Waals surface area contributed by atoms with Crippen molar-refractivity contribution in [2.75, 3.05) is 6.67 Å². The summed E-state index contributed by atoms with van der Waals surface area (Å²) < 4.78 is 12.9. The van der Waals surface area contributed by atoms with Gasteiger partial charge in [-0.1, -0.05) is 20.8 Å². The first-order chi connectivity index (χ1) is 8.45. The number of hydrogen-bond acceptors (Lipinski definition) is 2. The molecule has 2 N–H and O–H groups in total. The molecule has 19 heavy (non-hydrogen) atoms. The number of hydrogen-bond donors (Lipinski definition) is 2. The summed E-state index contributed by atoms with van der Waals surface area (Å²) in [5, 5.41) is 12.6. The Morgan fingerprint density at radius 2 is 2.16 bits per heavy atom. The molecule has 0 saturated heterocycles. The fourth-order valence-corrected chi connectivity index (χ4v) is 1.58. The van der Waals surface area contributed by atoms with Gasteiger partial charge in [-0.2, -0.15) is 29.8 Å². The van der Waals surface area contributed by atoms with E-state index >= 15 is 0 Å². The van der Waals surface area contributed by atoms with Crippen molar-refractivity contribution in [3.8, 4) is 0 Å². The van der Waals surface area contributed by atoms with Gasteiger partial charge in [0.15, 0.2) is 0 Å². The molecule has 0 bridgehead atoms. The van der Waals surface area contributed by atoms with Gasteiger partial charge in [-0.15, -0.1) is 5.56 Å². The Morgan fingerprint density at radius 3 is 2.63 bits per heavy atom. The van der Waals surface area contributed by atoms with E-state index in [1.54, 1.807) is 32.0 Å². The third kappa shape index (κ3) is 5.68. The van der Waals surface area contributed by atoms with Gasteiger partial charge in [0.05, 0.1) is 12.1 Å². The molecule has 3 nitrogen and oxygen atoms in total. The molecule has 1 radical (unpaired) electrons. The summed E-state index contributed by atoms with van der Waals surface area (Å²) in [6, 6.07) is 7.11. The van der Waals surface area contributed by atoms with Gasteiger partial charge in [-0.3, -0.25) is 4.79 Å². The molecule has 0 aliphatic rings. The van der Waals surface area contributed by atoms with Crippen LogP contribution in [0.15, 0.2) is 18.2 Å². The van der Waals surface area contributed by atoms with E-state index in [0.717, 1.165) is 5.56 Å². The fraction of sp³-hybridized carbons (Fsp3) is 0.500. The predicted octanol–water partition coefficient (Wildman–Crippen LogP) is 1.94. The SMILES string of the molecule is Cc1[c-]ccc([C@@H](O)[C@@H](CF)NC(=O)C(C)C)c1.[Y]. The second-order valence-electron chi connectivity index (χ2n) is 4.67. The van der Waals surface area contributed by atoms with E-state index < -0.39 is 18.8 Å². The molecule has 0 aromatic heterocycles. The van der Waals surface area contributed by atoms with Crippen molar-refractivity contribution < 1.29 is 47.0 Å². The average Bonchev–Trinajstić information content (AvgIpc) is 2.34. The summed E-state index contributed by atoms with van der Waals surface area (Å²) in [6.45, 7) is 4.47. The Kier molecular flexibility index (Phi) is 8.63. The number of rotatable bonds is 5. The van der Waals surface area contributed by atoms with E-state index in [-0.39, 0.29) is 44.5 Å². The number of amides is 1. The number of benzene rings is 1. The first-order valence-corrected chi connectivity index (χ1v) is 5.98. The number of nitrogens with one attached hydrogen (secondary N) is 1. The smallest absolute Gasteiger partial charge is 0.222 e. The minimum absolute atomic E-state index is 0. The van der Waals surface area contributed by atoms with Crippen molar-refractivity contribution in [3.63, 3.8) is 0 Å². The molecular formula is C14H19FNO2Y-. The van der Waals surface area contributed by atoms with Gasteiger partial charge in [-0.05, 0) is 0 Å². The van der Waals surface area contributed by atoms with Gasteiger partial charge in [0, 0.05) is 38.6 Å². The van der Waals surface area contributed by atoms with E-state index in [0.29, 0.717) is 5.56 Å². The van der Waals surface area contributed by atoms with Crippen LogP contribution in [0.5, 0.6) is 0 Å². The second-order valence-corrected chi connectivity index (χ2v) is 4.67. The van der Waals surface area contributed by atoms with Gasteiger partial charge < -0.3 is 10.4 Å². The van der Waals surface area contributed by atoms with E-state index in [1.807, 2.05) is 6.92 Å². The van der Waals surface area contributed by atoms with Gasteiger partial charge in [0.25, 0.3) is 0 Å². The van der Waals surface area contributed by atoms with Crippen LogP contribution in [0.2, 0.25) is 0 Å². The van der Waals surface area contributed by atoms with Crippen molar-refractivity contribution in [2.45, 2.75) is 32.9 Å². The van der Waals surface area contributed by atoms with Gasteiger partial charge >= 0.3 is 0 Å². The Morgan fingerprint density at radius 1 is 1.53 bits per heavy atom. The number of aliphatic hydroxyl groups is 1. The van der Waals surface area contributed by atoms with Crippen molar-refractivity contribution in [2.24, 2.45) is 5.92 Å². The molecule has 0 aliphatic heterocycles. The van der Waals surface area contributed by atoms with E-state index in [1.165, 1.54) is 0 Å². The van der Waals surface area contributed by atoms with Crippen LogP contribution in [0.25, 0.3) is 0 Å². The largest absolute Gasteiger partial charge is 0.388 e. The first-order valence-electron chi connectivity index (χ1n) is 5.98. The van der Waals surface area contributed by atoms with Crippen LogP contribution in [-0.2, 0) is 37.5 Å². The molecule has 0 spiro atoms. The molecule has 0 unspecified atom stereocenters. The number of carbonyl (C=O) groups excluding carboxylic acids is 1. The van der Waals surface area contributed by atoms with Crippen LogP contribution in [-0.4, -0.2) is 23.7 Å². The minimum Gasteiger partial charge on any atom is -0.388 e. The Bertz CT molecular complexity index is 412. The maximum Gasteiger partial charge on any atom is 0.222 e. The first kappa shape index (κ1) is 18.7. The summed E-state index contributed by atoms with van der Waals surface area (Å²) >= 11 is 0. The van der Waals surface area contributed by atoms with Crippen LogP contribution in [0.3, 0.4) is 0 Å². The zero-order chi connectivity index (χ0) is 13.7. The average molecular weight is 341 g/mol. The van der Waals surface area contributed by atoms with Crippen molar-refractivity contribution >= 4 is 5.91 Å². The molecule has 1 rings (SSSR count). The van der Waals surface area contributed by atoms with Crippen LogP contribution < -0.4 is 5.32 Å². The molecule has 1 aromatic rings. The Labute approximate surface area is 138 Å².